The van der Waals surface area contributed by atoms with Gasteiger partial charge in [0.15, 0.2) is 5.41 Å². The molecule has 1 saturated carbocycles. The van der Waals surface area contributed by atoms with Crippen molar-refractivity contribution in [2.45, 2.75) is 34.6 Å². The first-order valence-electron chi connectivity index (χ1n) is 5.58. The van der Waals surface area contributed by atoms with E-state index in [-0.39, 0.29) is 17.3 Å². The number of nitrogens with zero attached hydrogens (tertiary/aromatic N) is 1. The van der Waals surface area contributed by atoms with Gasteiger partial charge in [0.25, 0.3) is 0 Å². The van der Waals surface area contributed by atoms with E-state index < -0.39 is 5.41 Å². The molecule has 0 radical (unpaired) electrons. The van der Waals surface area contributed by atoms with E-state index in [4.69, 9.17) is 4.74 Å². The van der Waals surface area contributed by atoms with Crippen molar-refractivity contribution in [3.05, 3.63) is 11.6 Å². The first-order chi connectivity index (χ1) is 7.34. The Kier molecular flexibility index (Phi) is 3.14. The maximum Gasteiger partial charge on any atom is 0.327 e. The Bertz CT molecular complexity index is 372. The molecule has 3 nitrogen and oxygen atoms in total. The van der Waals surface area contributed by atoms with Crippen LogP contribution in [0.15, 0.2) is 11.6 Å². The topological polar surface area (TPSA) is 50.1 Å². The summed E-state index contributed by atoms with van der Waals surface area (Å²) in [6.45, 7) is 9.91. The highest BCUT2D eigenvalue weighted by atomic mass is 16.5. The van der Waals surface area contributed by atoms with E-state index in [0.717, 1.165) is 5.57 Å². The average molecular weight is 221 g/mol. The molecule has 0 bridgehead atoms. The summed E-state index contributed by atoms with van der Waals surface area (Å²) in [5, 5.41) is 9.29. The summed E-state index contributed by atoms with van der Waals surface area (Å²) in [5.74, 6) is -0.418. The van der Waals surface area contributed by atoms with E-state index in [2.05, 4.69) is 6.07 Å². The van der Waals surface area contributed by atoms with Crippen molar-refractivity contribution in [3.63, 3.8) is 0 Å². The molecule has 2 atom stereocenters. The van der Waals surface area contributed by atoms with E-state index in [1.54, 1.807) is 6.92 Å². The van der Waals surface area contributed by atoms with Gasteiger partial charge in [-0.3, -0.25) is 4.79 Å². The maximum absolute atomic E-state index is 11.9. The first kappa shape index (κ1) is 12.8. The van der Waals surface area contributed by atoms with E-state index in [1.165, 1.54) is 0 Å². The Labute approximate surface area is 97.1 Å². The summed E-state index contributed by atoms with van der Waals surface area (Å²) in [6.07, 6.45) is 2.00. The van der Waals surface area contributed by atoms with Gasteiger partial charge in [0.05, 0.1) is 12.7 Å². The number of allylic oxidation sites excluding steroid dienone is 2. The SMILES string of the molecule is CCOC(=O)C1(C#N)C(C=C(C)C)C1(C)C. The Morgan fingerprint density at radius 1 is 1.50 bits per heavy atom. The molecule has 0 aromatic rings. The molecule has 0 aliphatic heterocycles. The zero-order chi connectivity index (χ0) is 12.6. The number of hydrogen-bond donors (Lipinski definition) is 0. The molecule has 0 saturated heterocycles. The minimum atomic E-state index is -0.986. The highest BCUT2D eigenvalue weighted by molar-refractivity contribution is 5.87. The van der Waals surface area contributed by atoms with Crippen LogP contribution in [0.5, 0.6) is 0 Å². The van der Waals surface area contributed by atoms with E-state index >= 15 is 0 Å². The Morgan fingerprint density at radius 3 is 2.44 bits per heavy atom. The van der Waals surface area contributed by atoms with E-state index in [9.17, 15) is 10.1 Å². The molecule has 1 aliphatic rings. The largest absolute Gasteiger partial charge is 0.465 e. The normalized spacial score (nSPS) is 30.1. The molecule has 0 amide bonds. The van der Waals surface area contributed by atoms with Crippen molar-refractivity contribution in [2.24, 2.45) is 16.7 Å². The van der Waals surface area contributed by atoms with Crippen molar-refractivity contribution >= 4 is 5.97 Å². The third-order valence-corrected chi connectivity index (χ3v) is 3.45. The zero-order valence-electron chi connectivity index (χ0n) is 10.6. The summed E-state index contributed by atoms with van der Waals surface area (Å²) in [7, 11) is 0. The zero-order valence-corrected chi connectivity index (χ0v) is 10.6. The monoisotopic (exact) mass is 221 g/mol. The van der Waals surface area contributed by atoms with Crippen LogP contribution >= 0.6 is 0 Å². The number of carbonyl (C=O) groups is 1. The highest BCUT2D eigenvalue weighted by Gasteiger charge is 2.76. The Morgan fingerprint density at radius 2 is 2.06 bits per heavy atom. The maximum atomic E-state index is 11.9. The number of hydrogen-bond acceptors (Lipinski definition) is 3. The molecule has 0 aromatic carbocycles. The Hall–Kier alpha value is -1.30. The van der Waals surface area contributed by atoms with Gasteiger partial charge in [0.2, 0.25) is 0 Å². The molecule has 0 N–H and O–H groups in total. The molecular formula is C13H19NO2. The summed E-state index contributed by atoms with van der Waals surface area (Å²) < 4.78 is 5.02. The summed E-state index contributed by atoms with van der Waals surface area (Å²) in [4.78, 5) is 11.9. The highest BCUT2D eigenvalue weighted by Crippen LogP contribution is 2.69. The van der Waals surface area contributed by atoms with Crippen molar-refractivity contribution < 1.29 is 9.53 Å². The van der Waals surface area contributed by atoms with E-state index in [0.29, 0.717) is 6.61 Å². The molecule has 1 rings (SSSR count). The molecule has 2 unspecified atom stereocenters. The number of rotatable bonds is 3. The van der Waals surface area contributed by atoms with Crippen LogP contribution in [0.1, 0.15) is 34.6 Å². The molecule has 88 valence electrons. The van der Waals surface area contributed by atoms with Crippen LogP contribution in [0.2, 0.25) is 0 Å². The third kappa shape index (κ3) is 1.53. The number of ether oxygens (including phenoxy) is 1. The lowest BCUT2D eigenvalue weighted by molar-refractivity contribution is -0.148. The van der Waals surface area contributed by atoms with Gasteiger partial charge in [-0.2, -0.15) is 5.26 Å². The minimum absolute atomic E-state index is 0.0333. The van der Waals surface area contributed by atoms with Crippen molar-refractivity contribution in [1.82, 2.24) is 0 Å². The third-order valence-electron chi connectivity index (χ3n) is 3.45. The molecule has 16 heavy (non-hydrogen) atoms. The van der Waals surface area contributed by atoms with Crippen LogP contribution in [-0.2, 0) is 9.53 Å². The second kappa shape index (κ2) is 3.93. The van der Waals surface area contributed by atoms with Gasteiger partial charge in [0.1, 0.15) is 0 Å². The molecule has 0 aromatic heterocycles. The lowest BCUT2D eigenvalue weighted by Crippen LogP contribution is -2.23. The van der Waals surface area contributed by atoms with Gasteiger partial charge in [-0.1, -0.05) is 25.5 Å². The van der Waals surface area contributed by atoms with Gasteiger partial charge in [-0.25, -0.2) is 0 Å². The van der Waals surface area contributed by atoms with Crippen LogP contribution in [0.25, 0.3) is 0 Å². The quantitative estimate of drug-likeness (QED) is 0.544. The summed E-state index contributed by atoms with van der Waals surface area (Å²) >= 11 is 0. The van der Waals surface area contributed by atoms with Gasteiger partial charge in [-0.05, 0) is 20.8 Å². The molecule has 1 fully saturated rings. The van der Waals surface area contributed by atoms with Gasteiger partial charge < -0.3 is 4.74 Å². The second-order valence-corrected chi connectivity index (χ2v) is 5.08. The van der Waals surface area contributed by atoms with Gasteiger partial charge in [-0.15, -0.1) is 0 Å². The van der Waals surface area contributed by atoms with Crippen LogP contribution in [0.4, 0.5) is 0 Å². The molecule has 3 heteroatoms. The fourth-order valence-electron chi connectivity index (χ4n) is 2.36. The number of carbonyl (C=O) groups excluding carboxylic acids is 1. The minimum Gasteiger partial charge on any atom is -0.465 e. The predicted octanol–water partition coefficient (Wildman–Crippen LogP) is 2.68. The second-order valence-electron chi connectivity index (χ2n) is 5.08. The van der Waals surface area contributed by atoms with Crippen LogP contribution < -0.4 is 0 Å². The van der Waals surface area contributed by atoms with Gasteiger partial charge in [0, 0.05) is 11.3 Å². The van der Waals surface area contributed by atoms with Crippen LogP contribution in [0.3, 0.4) is 0 Å². The average Bonchev–Trinajstić information content (AvgIpc) is 2.63. The number of esters is 1. The van der Waals surface area contributed by atoms with Crippen molar-refractivity contribution in [3.8, 4) is 6.07 Å². The summed E-state index contributed by atoms with van der Waals surface area (Å²) in [5.41, 5.74) is -0.189. The van der Waals surface area contributed by atoms with Crippen LogP contribution in [-0.4, -0.2) is 12.6 Å². The predicted molar refractivity (Wildman–Crippen MR) is 61.4 cm³/mol. The molecule has 0 spiro atoms. The van der Waals surface area contributed by atoms with Crippen molar-refractivity contribution in [1.29, 1.82) is 5.26 Å². The van der Waals surface area contributed by atoms with Gasteiger partial charge >= 0.3 is 5.97 Å². The smallest absolute Gasteiger partial charge is 0.327 e. The lowest BCUT2D eigenvalue weighted by atomic mass is 9.98. The lowest BCUT2D eigenvalue weighted by Gasteiger charge is -2.09. The fraction of sp³-hybridized carbons (Fsp3) is 0.692. The fourth-order valence-corrected chi connectivity index (χ4v) is 2.36. The Balaban J connectivity index is 3.05. The van der Waals surface area contributed by atoms with Crippen molar-refractivity contribution in [2.75, 3.05) is 6.61 Å². The summed E-state index contributed by atoms with van der Waals surface area (Å²) in [6, 6.07) is 2.16. The molecular weight excluding hydrogens is 202 g/mol. The standard InChI is InChI=1S/C13H19NO2/c1-6-16-11(15)13(8-14)10(7-9(2)3)12(13,4)5/h7,10H,6H2,1-5H3. The molecule has 0 heterocycles. The van der Waals surface area contributed by atoms with E-state index in [1.807, 2.05) is 33.8 Å². The van der Waals surface area contributed by atoms with Crippen LogP contribution in [0, 0.1) is 28.1 Å². The molecule has 1 aliphatic carbocycles. The first-order valence-corrected chi connectivity index (χ1v) is 5.58. The number of nitriles is 1.